The SMILES string of the molecule is CCCCn1cnc2c(nnn2C)c1=O. The zero-order chi connectivity index (χ0) is 10.8. The van der Waals surface area contributed by atoms with E-state index in [1.165, 1.54) is 4.68 Å². The number of fused-ring (bicyclic) bond motifs is 1. The third-order valence-corrected chi connectivity index (χ3v) is 2.33. The average molecular weight is 207 g/mol. The van der Waals surface area contributed by atoms with Crippen molar-refractivity contribution in [2.24, 2.45) is 7.05 Å². The molecule has 0 amide bonds. The lowest BCUT2D eigenvalue weighted by atomic mass is 10.3. The molecule has 0 radical (unpaired) electrons. The largest absolute Gasteiger partial charge is 0.297 e. The Labute approximate surface area is 86.5 Å². The number of rotatable bonds is 3. The Balaban J connectivity index is 2.51. The quantitative estimate of drug-likeness (QED) is 0.727. The van der Waals surface area contributed by atoms with Gasteiger partial charge in [-0.3, -0.25) is 9.36 Å². The van der Waals surface area contributed by atoms with Crippen LogP contribution in [-0.4, -0.2) is 24.5 Å². The predicted molar refractivity (Wildman–Crippen MR) is 55.5 cm³/mol. The molecule has 80 valence electrons. The van der Waals surface area contributed by atoms with E-state index in [1.807, 2.05) is 0 Å². The van der Waals surface area contributed by atoms with Crippen LogP contribution in [0.1, 0.15) is 19.8 Å². The minimum Gasteiger partial charge on any atom is -0.297 e. The number of aromatic nitrogens is 5. The molecule has 0 saturated heterocycles. The van der Waals surface area contributed by atoms with E-state index < -0.39 is 0 Å². The van der Waals surface area contributed by atoms with Crippen LogP contribution in [0.3, 0.4) is 0 Å². The summed E-state index contributed by atoms with van der Waals surface area (Å²) in [6.07, 6.45) is 3.57. The summed E-state index contributed by atoms with van der Waals surface area (Å²) in [4.78, 5) is 16.0. The summed E-state index contributed by atoms with van der Waals surface area (Å²) in [5.74, 6) is 0. The molecule has 6 nitrogen and oxygen atoms in total. The maximum absolute atomic E-state index is 11.9. The Kier molecular flexibility index (Phi) is 2.49. The summed E-state index contributed by atoms with van der Waals surface area (Å²) in [7, 11) is 1.72. The topological polar surface area (TPSA) is 65.6 Å². The number of unbranched alkanes of at least 4 members (excludes halogenated alkanes) is 1. The van der Waals surface area contributed by atoms with Crippen LogP contribution >= 0.6 is 0 Å². The Morgan fingerprint density at radius 1 is 1.47 bits per heavy atom. The highest BCUT2D eigenvalue weighted by Crippen LogP contribution is 2.00. The molecule has 0 bridgehead atoms. The second-order valence-electron chi connectivity index (χ2n) is 3.48. The Hall–Kier alpha value is -1.72. The summed E-state index contributed by atoms with van der Waals surface area (Å²) < 4.78 is 3.08. The van der Waals surface area contributed by atoms with Gasteiger partial charge in [0.1, 0.15) is 6.33 Å². The van der Waals surface area contributed by atoms with Crippen LogP contribution in [0.2, 0.25) is 0 Å². The molecule has 0 unspecified atom stereocenters. The van der Waals surface area contributed by atoms with Gasteiger partial charge in [-0.15, -0.1) is 5.10 Å². The van der Waals surface area contributed by atoms with Gasteiger partial charge in [0.15, 0.2) is 11.2 Å². The first-order chi connectivity index (χ1) is 7.24. The smallest absolute Gasteiger partial charge is 0.283 e. The van der Waals surface area contributed by atoms with Gasteiger partial charge in [0, 0.05) is 13.6 Å². The van der Waals surface area contributed by atoms with E-state index in [0.717, 1.165) is 12.8 Å². The predicted octanol–water partition coefficient (Wildman–Crippen LogP) is 0.325. The monoisotopic (exact) mass is 207 g/mol. The fourth-order valence-electron chi connectivity index (χ4n) is 1.44. The zero-order valence-corrected chi connectivity index (χ0v) is 8.84. The van der Waals surface area contributed by atoms with Gasteiger partial charge < -0.3 is 0 Å². The van der Waals surface area contributed by atoms with Gasteiger partial charge >= 0.3 is 0 Å². The van der Waals surface area contributed by atoms with Crippen LogP contribution in [-0.2, 0) is 13.6 Å². The van der Waals surface area contributed by atoms with E-state index in [4.69, 9.17) is 0 Å². The van der Waals surface area contributed by atoms with Gasteiger partial charge in [0.2, 0.25) is 0 Å². The van der Waals surface area contributed by atoms with Crippen molar-refractivity contribution in [2.75, 3.05) is 0 Å². The second kappa shape index (κ2) is 3.80. The highest BCUT2D eigenvalue weighted by molar-refractivity contribution is 5.67. The molecule has 6 heteroatoms. The lowest BCUT2D eigenvalue weighted by molar-refractivity contribution is 0.607. The zero-order valence-electron chi connectivity index (χ0n) is 8.84. The summed E-state index contributed by atoms with van der Waals surface area (Å²) in [6.45, 7) is 2.77. The van der Waals surface area contributed by atoms with Crippen molar-refractivity contribution < 1.29 is 0 Å². The molecule has 2 heterocycles. The molecule has 0 saturated carbocycles. The Morgan fingerprint density at radius 3 is 3.00 bits per heavy atom. The molecule has 2 aromatic heterocycles. The van der Waals surface area contributed by atoms with Crippen molar-refractivity contribution in [3.63, 3.8) is 0 Å². The molecule has 0 aliphatic rings. The number of nitrogens with zero attached hydrogens (tertiary/aromatic N) is 5. The number of aryl methyl sites for hydroxylation is 2. The second-order valence-corrected chi connectivity index (χ2v) is 3.48. The standard InChI is InChI=1S/C9H13N5O/c1-3-4-5-14-6-10-8-7(9(14)15)11-12-13(8)2/h6H,3-5H2,1-2H3. The van der Waals surface area contributed by atoms with E-state index in [-0.39, 0.29) is 5.56 Å². The highest BCUT2D eigenvalue weighted by atomic mass is 16.1. The maximum Gasteiger partial charge on any atom is 0.283 e. The minimum atomic E-state index is -0.110. The van der Waals surface area contributed by atoms with Crippen LogP contribution in [0.25, 0.3) is 11.2 Å². The van der Waals surface area contributed by atoms with E-state index in [2.05, 4.69) is 22.2 Å². The molecule has 0 N–H and O–H groups in total. The third kappa shape index (κ3) is 1.62. The summed E-state index contributed by atoms with van der Waals surface area (Å²) in [5, 5.41) is 7.57. The Bertz CT molecular complexity index is 527. The lowest BCUT2D eigenvalue weighted by Gasteiger charge is -2.02. The summed E-state index contributed by atoms with van der Waals surface area (Å²) >= 11 is 0. The molecule has 0 fully saturated rings. The van der Waals surface area contributed by atoms with Crippen molar-refractivity contribution in [1.29, 1.82) is 0 Å². The molecular formula is C9H13N5O. The van der Waals surface area contributed by atoms with Crippen molar-refractivity contribution in [2.45, 2.75) is 26.3 Å². The van der Waals surface area contributed by atoms with Gasteiger partial charge in [-0.05, 0) is 6.42 Å². The summed E-state index contributed by atoms with van der Waals surface area (Å²) in [6, 6.07) is 0. The minimum absolute atomic E-state index is 0.110. The van der Waals surface area contributed by atoms with E-state index in [1.54, 1.807) is 17.9 Å². The van der Waals surface area contributed by atoms with E-state index in [9.17, 15) is 4.79 Å². The molecule has 0 atom stereocenters. The first-order valence-electron chi connectivity index (χ1n) is 4.99. The maximum atomic E-state index is 11.9. The first-order valence-corrected chi connectivity index (χ1v) is 4.99. The van der Waals surface area contributed by atoms with E-state index >= 15 is 0 Å². The molecule has 0 aromatic carbocycles. The molecule has 0 spiro atoms. The van der Waals surface area contributed by atoms with Crippen molar-refractivity contribution >= 4 is 11.2 Å². The van der Waals surface area contributed by atoms with Gasteiger partial charge in [0.05, 0.1) is 0 Å². The van der Waals surface area contributed by atoms with Crippen LogP contribution in [0.15, 0.2) is 11.1 Å². The van der Waals surface area contributed by atoms with Crippen molar-refractivity contribution in [3.8, 4) is 0 Å². The molecule has 2 rings (SSSR count). The van der Waals surface area contributed by atoms with Gasteiger partial charge in [-0.2, -0.15) is 0 Å². The van der Waals surface area contributed by atoms with Crippen LogP contribution in [0.4, 0.5) is 0 Å². The summed E-state index contributed by atoms with van der Waals surface area (Å²) in [5.41, 5.74) is 0.769. The van der Waals surface area contributed by atoms with Crippen LogP contribution < -0.4 is 5.56 Å². The lowest BCUT2D eigenvalue weighted by Crippen LogP contribution is -2.21. The van der Waals surface area contributed by atoms with Crippen molar-refractivity contribution in [1.82, 2.24) is 24.5 Å². The fourth-order valence-corrected chi connectivity index (χ4v) is 1.44. The van der Waals surface area contributed by atoms with Gasteiger partial charge in [0.25, 0.3) is 5.56 Å². The molecular weight excluding hydrogens is 194 g/mol. The average Bonchev–Trinajstić information content (AvgIpc) is 2.61. The highest BCUT2D eigenvalue weighted by Gasteiger charge is 2.08. The Morgan fingerprint density at radius 2 is 2.27 bits per heavy atom. The van der Waals surface area contributed by atoms with Crippen molar-refractivity contribution in [3.05, 3.63) is 16.7 Å². The fraction of sp³-hybridized carbons (Fsp3) is 0.556. The van der Waals surface area contributed by atoms with Gasteiger partial charge in [-0.25, -0.2) is 9.67 Å². The van der Waals surface area contributed by atoms with E-state index in [0.29, 0.717) is 17.7 Å². The van der Waals surface area contributed by atoms with Crippen LogP contribution in [0, 0.1) is 0 Å². The number of hydrogen-bond acceptors (Lipinski definition) is 4. The molecule has 15 heavy (non-hydrogen) atoms. The van der Waals surface area contributed by atoms with Crippen LogP contribution in [0.5, 0.6) is 0 Å². The molecule has 0 aliphatic heterocycles. The third-order valence-electron chi connectivity index (χ3n) is 2.33. The first kappa shape index (κ1) is 9.82. The molecule has 0 aliphatic carbocycles. The number of hydrogen-bond donors (Lipinski definition) is 0. The van der Waals surface area contributed by atoms with Gasteiger partial charge in [-0.1, -0.05) is 18.6 Å². The molecule has 2 aromatic rings. The normalized spacial score (nSPS) is 11.1.